The Hall–Kier alpha value is -0.890. The van der Waals surface area contributed by atoms with Crippen molar-refractivity contribution in [2.75, 3.05) is 0 Å². The molecule has 0 radical (unpaired) electrons. The Balaban J connectivity index is 3.03. The molecule has 0 aliphatic carbocycles. The minimum atomic E-state index is 1.10. The number of rotatable bonds is 0. The predicted molar refractivity (Wildman–Crippen MR) is 63.7 cm³/mol. The van der Waals surface area contributed by atoms with Gasteiger partial charge in [-0.05, 0) is 32.4 Å². The third-order valence-corrected chi connectivity index (χ3v) is 3.32. The van der Waals surface area contributed by atoms with Gasteiger partial charge in [-0.25, -0.2) is 0 Å². The highest BCUT2D eigenvalue weighted by atomic mass is 79.9. The van der Waals surface area contributed by atoms with E-state index in [1.165, 1.54) is 16.3 Å². The summed E-state index contributed by atoms with van der Waals surface area (Å²) in [5.41, 5.74) is 3.48. The van der Waals surface area contributed by atoms with Crippen molar-refractivity contribution in [2.24, 2.45) is 0 Å². The van der Waals surface area contributed by atoms with E-state index in [9.17, 15) is 0 Å². The first-order valence-electron chi connectivity index (χ1n) is 4.63. The van der Waals surface area contributed by atoms with E-state index in [1.807, 2.05) is 0 Å². The molecule has 72 valence electrons. The van der Waals surface area contributed by atoms with Gasteiger partial charge in [-0.15, -0.1) is 0 Å². The summed E-state index contributed by atoms with van der Waals surface area (Å²) in [5, 5.41) is 2.53. The number of aryl methyl sites for hydroxylation is 3. The van der Waals surface area contributed by atoms with E-state index in [1.54, 1.807) is 0 Å². The van der Waals surface area contributed by atoms with Crippen molar-refractivity contribution in [3.63, 3.8) is 0 Å². The van der Waals surface area contributed by atoms with Crippen molar-refractivity contribution in [1.29, 1.82) is 0 Å². The Labute approximate surface area is 92.3 Å². The molecule has 0 aliphatic rings. The van der Waals surface area contributed by atoms with Gasteiger partial charge in [0.05, 0.1) is 0 Å². The van der Waals surface area contributed by atoms with Crippen LogP contribution in [0.25, 0.3) is 10.8 Å². The number of nitrogens with zero attached hydrogens (tertiary/aromatic N) is 1. The van der Waals surface area contributed by atoms with Crippen LogP contribution in [0.3, 0.4) is 0 Å². The Morgan fingerprint density at radius 3 is 2.50 bits per heavy atom. The number of halogens is 1. The van der Waals surface area contributed by atoms with E-state index in [4.69, 9.17) is 0 Å². The summed E-state index contributed by atoms with van der Waals surface area (Å²) in [7, 11) is 0. The second-order valence-corrected chi connectivity index (χ2v) is 4.42. The third kappa shape index (κ3) is 1.34. The molecular weight excluding hydrogens is 238 g/mol. The zero-order valence-corrected chi connectivity index (χ0v) is 10.1. The number of fused-ring (bicyclic) bond motifs is 1. The normalized spacial score (nSPS) is 10.9. The number of benzene rings is 1. The van der Waals surface area contributed by atoms with Crippen LogP contribution in [0.4, 0.5) is 0 Å². The molecule has 1 heterocycles. The molecule has 0 fully saturated rings. The number of hydrogen-bond acceptors (Lipinski definition) is 1. The zero-order valence-electron chi connectivity index (χ0n) is 8.56. The van der Waals surface area contributed by atoms with Crippen LogP contribution in [0.2, 0.25) is 0 Å². The fraction of sp³-hybridized carbons (Fsp3) is 0.250. The molecule has 2 aromatic rings. The van der Waals surface area contributed by atoms with Crippen LogP contribution in [-0.2, 0) is 0 Å². The van der Waals surface area contributed by atoms with Crippen molar-refractivity contribution in [1.82, 2.24) is 4.98 Å². The molecule has 14 heavy (non-hydrogen) atoms. The molecule has 1 nitrogen and oxygen atoms in total. The molecule has 2 heteroatoms. The molecule has 0 saturated heterocycles. The quantitative estimate of drug-likeness (QED) is 0.690. The highest BCUT2D eigenvalue weighted by Crippen LogP contribution is 2.29. The van der Waals surface area contributed by atoms with Gasteiger partial charge in [0.2, 0.25) is 0 Å². The Morgan fingerprint density at radius 1 is 1.07 bits per heavy atom. The van der Waals surface area contributed by atoms with E-state index < -0.39 is 0 Å². The molecule has 0 bridgehead atoms. The van der Waals surface area contributed by atoms with E-state index in [-0.39, 0.29) is 0 Å². The number of aromatic nitrogens is 1. The van der Waals surface area contributed by atoms with Gasteiger partial charge in [-0.3, -0.25) is 4.98 Å². The average molecular weight is 250 g/mol. The van der Waals surface area contributed by atoms with Gasteiger partial charge in [0.25, 0.3) is 0 Å². The second-order valence-electron chi connectivity index (χ2n) is 3.57. The van der Waals surface area contributed by atoms with Crippen LogP contribution >= 0.6 is 15.9 Å². The van der Waals surface area contributed by atoms with Gasteiger partial charge < -0.3 is 0 Å². The lowest BCUT2D eigenvalue weighted by molar-refractivity contribution is 1.12. The average Bonchev–Trinajstić information content (AvgIpc) is 2.14. The molecule has 0 atom stereocenters. The standard InChI is InChI=1S/C12H12BrN/c1-7-8(2)14-9(3)10-5-4-6-11(13)12(7)10/h4-6H,1-3H3. The maximum atomic E-state index is 4.52. The maximum Gasteiger partial charge on any atom is 0.0454 e. The van der Waals surface area contributed by atoms with Gasteiger partial charge in [-0.2, -0.15) is 0 Å². The number of pyridine rings is 1. The van der Waals surface area contributed by atoms with Crippen molar-refractivity contribution in [2.45, 2.75) is 20.8 Å². The minimum Gasteiger partial charge on any atom is -0.258 e. The summed E-state index contributed by atoms with van der Waals surface area (Å²) in [6.07, 6.45) is 0. The fourth-order valence-corrected chi connectivity index (χ4v) is 2.45. The summed E-state index contributed by atoms with van der Waals surface area (Å²) in [6, 6.07) is 6.25. The lowest BCUT2D eigenvalue weighted by Gasteiger charge is -2.09. The second kappa shape index (κ2) is 3.35. The molecule has 0 N–H and O–H groups in total. The SMILES string of the molecule is Cc1nc(C)c2cccc(Br)c2c1C. The minimum absolute atomic E-state index is 1.10. The molecule has 0 unspecified atom stereocenters. The Morgan fingerprint density at radius 2 is 1.79 bits per heavy atom. The summed E-state index contributed by atoms with van der Waals surface area (Å²) in [4.78, 5) is 4.52. The van der Waals surface area contributed by atoms with E-state index >= 15 is 0 Å². The highest BCUT2D eigenvalue weighted by molar-refractivity contribution is 9.10. The van der Waals surface area contributed by atoms with Crippen LogP contribution in [0, 0.1) is 20.8 Å². The van der Waals surface area contributed by atoms with Crippen molar-refractivity contribution in [3.8, 4) is 0 Å². The highest BCUT2D eigenvalue weighted by Gasteiger charge is 2.07. The van der Waals surface area contributed by atoms with Gasteiger partial charge in [0, 0.05) is 26.6 Å². The van der Waals surface area contributed by atoms with Gasteiger partial charge in [0.15, 0.2) is 0 Å². The zero-order chi connectivity index (χ0) is 10.3. The van der Waals surface area contributed by atoms with Crippen LogP contribution in [0.5, 0.6) is 0 Å². The molecule has 1 aromatic carbocycles. The lowest BCUT2D eigenvalue weighted by Crippen LogP contribution is -1.93. The van der Waals surface area contributed by atoms with Gasteiger partial charge >= 0.3 is 0 Å². The lowest BCUT2D eigenvalue weighted by atomic mass is 10.0. The molecule has 0 amide bonds. The summed E-state index contributed by atoms with van der Waals surface area (Å²) in [6.45, 7) is 6.23. The Kier molecular flexibility index (Phi) is 2.31. The van der Waals surface area contributed by atoms with Crippen LogP contribution < -0.4 is 0 Å². The molecule has 2 rings (SSSR count). The molecule has 0 aliphatic heterocycles. The molecule has 0 saturated carbocycles. The smallest absolute Gasteiger partial charge is 0.0454 e. The third-order valence-electron chi connectivity index (χ3n) is 2.66. The monoisotopic (exact) mass is 249 g/mol. The first-order chi connectivity index (χ1) is 6.61. The van der Waals surface area contributed by atoms with Gasteiger partial charge in [0.1, 0.15) is 0 Å². The Bertz CT molecular complexity index is 503. The molecular formula is C12H12BrN. The van der Waals surface area contributed by atoms with Gasteiger partial charge in [-0.1, -0.05) is 28.1 Å². The summed E-state index contributed by atoms with van der Waals surface area (Å²) >= 11 is 3.59. The molecule has 1 aromatic heterocycles. The molecule has 0 spiro atoms. The first-order valence-corrected chi connectivity index (χ1v) is 5.42. The van der Waals surface area contributed by atoms with Crippen LogP contribution in [0.1, 0.15) is 17.0 Å². The number of hydrogen-bond donors (Lipinski definition) is 0. The van der Waals surface area contributed by atoms with E-state index in [0.29, 0.717) is 0 Å². The van der Waals surface area contributed by atoms with Crippen LogP contribution in [0.15, 0.2) is 22.7 Å². The summed E-state index contributed by atoms with van der Waals surface area (Å²) in [5.74, 6) is 0. The van der Waals surface area contributed by atoms with E-state index in [2.05, 4.69) is 59.9 Å². The fourth-order valence-electron chi connectivity index (χ4n) is 1.78. The van der Waals surface area contributed by atoms with Crippen molar-refractivity contribution >= 4 is 26.7 Å². The first kappa shape index (κ1) is 9.66. The topological polar surface area (TPSA) is 12.9 Å². The van der Waals surface area contributed by atoms with E-state index in [0.717, 1.165) is 15.9 Å². The van der Waals surface area contributed by atoms with Crippen LogP contribution in [-0.4, -0.2) is 4.98 Å². The summed E-state index contributed by atoms with van der Waals surface area (Å²) < 4.78 is 1.15. The largest absolute Gasteiger partial charge is 0.258 e. The predicted octanol–water partition coefficient (Wildman–Crippen LogP) is 3.92. The maximum absolute atomic E-state index is 4.52. The van der Waals surface area contributed by atoms with Crippen molar-refractivity contribution < 1.29 is 0 Å². The van der Waals surface area contributed by atoms with Crippen molar-refractivity contribution in [3.05, 3.63) is 39.6 Å².